The summed E-state index contributed by atoms with van der Waals surface area (Å²) in [5.41, 5.74) is 5.38. The van der Waals surface area contributed by atoms with Gasteiger partial charge in [0.2, 0.25) is 5.91 Å². The first-order chi connectivity index (χ1) is 18.7. The van der Waals surface area contributed by atoms with Crippen LogP contribution >= 0.6 is 11.3 Å². The maximum absolute atomic E-state index is 13.4. The number of hydrogen-bond acceptors (Lipinski definition) is 6. The molecular weight excluding hydrogens is 512 g/mol. The summed E-state index contributed by atoms with van der Waals surface area (Å²) in [5, 5.41) is 9.38. The van der Waals surface area contributed by atoms with Crippen molar-refractivity contribution in [3.8, 4) is 11.1 Å². The number of amides is 2. The van der Waals surface area contributed by atoms with Crippen molar-refractivity contribution in [2.75, 3.05) is 13.7 Å². The first-order valence-corrected chi connectivity index (χ1v) is 14.1. The second kappa shape index (κ2) is 12.5. The average Bonchev–Trinajstić information content (AvgIpc) is 3.54. The van der Waals surface area contributed by atoms with Crippen LogP contribution in [0.25, 0.3) is 11.1 Å². The summed E-state index contributed by atoms with van der Waals surface area (Å²) in [4.78, 5) is 38.8. The Morgan fingerprint density at radius 3 is 2.13 bits per heavy atom. The normalized spacial score (nSPS) is 14.1. The van der Waals surface area contributed by atoms with Gasteiger partial charge >= 0.3 is 12.1 Å². The highest BCUT2D eigenvalue weighted by atomic mass is 32.1. The maximum atomic E-state index is 13.4. The standard InChI is InChI=1S/C31H36N2O5S/c1-31(2,3)15-13-26(29(35)37-4)32-28(34)27(17-20-14-16-39-19-20)33-30(36)38-18-25-23-11-7-5-9-21(23)22-10-6-8-12-24(22)25/h5-12,14,16,19,25-27H,13,15,17-18H2,1-4H3,(H,32,34)(H,33,36)/t26-,27-/m0/s1. The van der Waals surface area contributed by atoms with Gasteiger partial charge in [0.1, 0.15) is 18.7 Å². The van der Waals surface area contributed by atoms with Crippen LogP contribution in [0.4, 0.5) is 4.79 Å². The van der Waals surface area contributed by atoms with Gasteiger partial charge in [0.15, 0.2) is 0 Å². The topological polar surface area (TPSA) is 93.7 Å². The minimum Gasteiger partial charge on any atom is -0.467 e. The fourth-order valence-corrected chi connectivity index (χ4v) is 5.56. The van der Waals surface area contributed by atoms with Crippen molar-refractivity contribution in [2.24, 2.45) is 5.41 Å². The summed E-state index contributed by atoms with van der Waals surface area (Å²) in [6, 6.07) is 16.4. The molecule has 8 heteroatoms. The third-order valence-electron chi connectivity index (χ3n) is 6.96. The van der Waals surface area contributed by atoms with Crippen LogP contribution in [-0.4, -0.2) is 43.8 Å². The summed E-state index contributed by atoms with van der Waals surface area (Å²) in [6.45, 7) is 6.35. The van der Waals surface area contributed by atoms with E-state index in [1.54, 1.807) is 0 Å². The van der Waals surface area contributed by atoms with Crippen molar-refractivity contribution in [3.05, 3.63) is 82.0 Å². The van der Waals surface area contributed by atoms with Crippen LogP contribution in [0.2, 0.25) is 0 Å². The Hall–Kier alpha value is -3.65. The molecule has 2 amide bonds. The molecule has 2 aromatic carbocycles. The van der Waals surface area contributed by atoms with Gasteiger partial charge in [-0.1, -0.05) is 69.3 Å². The van der Waals surface area contributed by atoms with Gasteiger partial charge in [-0.2, -0.15) is 11.3 Å². The molecule has 0 bridgehead atoms. The van der Waals surface area contributed by atoms with Crippen LogP contribution in [0.1, 0.15) is 56.2 Å². The van der Waals surface area contributed by atoms with Crippen molar-refractivity contribution in [3.63, 3.8) is 0 Å². The van der Waals surface area contributed by atoms with Crippen LogP contribution in [-0.2, 0) is 25.5 Å². The van der Waals surface area contributed by atoms with Crippen LogP contribution in [0, 0.1) is 5.41 Å². The van der Waals surface area contributed by atoms with Gasteiger partial charge in [0.05, 0.1) is 7.11 Å². The highest BCUT2D eigenvalue weighted by Gasteiger charge is 2.31. The quantitative estimate of drug-likeness (QED) is 0.318. The summed E-state index contributed by atoms with van der Waals surface area (Å²) in [6.07, 6.45) is 0.726. The fourth-order valence-electron chi connectivity index (χ4n) is 4.88. The lowest BCUT2D eigenvalue weighted by atomic mass is 9.88. The van der Waals surface area contributed by atoms with Crippen LogP contribution < -0.4 is 10.6 Å². The number of carbonyl (C=O) groups excluding carboxylic acids is 3. The molecule has 2 N–H and O–H groups in total. The number of benzene rings is 2. The lowest BCUT2D eigenvalue weighted by Gasteiger charge is -2.25. The summed E-state index contributed by atoms with van der Waals surface area (Å²) in [7, 11) is 1.30. The molecule has 0 fully saturated rings. The Morgan fingerprint density at radius 1 is 0.923 bits per heavy atom. The van der Waals surface area contributed by atoms with E-state index >= 15 is 0 Å². The number of esters is 1. The molecule has 39 heavy (non-hydrogen) atoms. The van der Waals surface area contributed by atoms with Gasteiger partial charge in [-0.05, 0) is 62.9 Å². The van der Waals surface area contributed by atoms with E-state index in [0.29, 0.717) is 12.8 Å². The predicted octanol–water partition coefficient (Wildman–Crippen LogP) is 5.68. The maximum Gasteiger partial charge on any atom is 0.407 e. The fraction of sp³-hybridized carbons (Fsp3) is 0.387. The molecule has 1 aliphatic rings. The molecule has 206 valence electrons. The van der Waals surface area contributed by atoms with Crippen LogP contribution in [0.15, 0.2) is 65.4 Å². The molecule has 0 unspecified atom stereocenters. The van der Waals surface area contributed by atoms with Crippen molar-refractivity contribution < 1.29 is 23.9 Å². The molecule has 0 saturated heterocycles. The lowest BCUT2D eigenvalue weighted by molar-refractivity contribution is -0.145. The van der Waals surface area contributed by atoms with Crippen LogP contribution in [0.5, 0.6) is 0 Å². The van der Waals surface area contributed by atoms with E-state index in [1.165, 1.54) is 18.4 Å². The van der Waals surface area contributed by atoms with Crippen LogP contribution in [0.3, 0.4) is 0 Å². The second-order valence-corrected chi connectivity index (χ2v) is 11.8. The second-order valence-electron chi connectivity index (χ2n) is 11.0. The zero-order chi connectivity index (χ0) is 28.0. The molecule has 0 saturated carbocycles. The van der Waals surface area contributed by atoms with Crippen molar-refractivity contribution >= 4 is 29.3 Å². The smallest absolute Gasteiger partial charge is 0.407 e. The van der Waals surface area contributed by atoms with E-state index in [-0.39, 0.29) is 24.4 Å². The molecule has 1 heterocycles. The van der Waals surface area contributed by atoms with Gasteiger partial charge in [-0.3, -0.25) is 4.79 Å². The largest absolute Gasteiger partial charge is 0.467 e. The van der Waals surface area contributed by atoms with Crippen molar-refractivity contribution in [1.82, 2.24) is 10.6 Å². The Labute approximate surface area is 233 Å². The predicted molar refractivity (Wildman–Crippen MR) is 153 cm³/mol. The van der Waals surface area contributed by atoms with Gasteiger partial charge in [0.25, 0.3) is 0 Å². The van der Waals surface area contributed by atoms with E-state index in [9.17, 15) is 14.4 Å². The number of nitrogens with one attached hydrogen (secondary N) is 2. The SMILES string of the molecule is COC(=O)[C@H](CCC(C)(C)C)NC(=O)[C@H](Cc1ccsc1)NC(=O)OCC1c2ccccc2-c2ccccc21. The molecule has 7 nitrogen and oxygen atoms in total. The number of alkyl carbamates (subject to hydrolysis) is 1. The van der Waals surface area contributed by atoms with Gasteiger partial charge in [0, 0.05) is 12.3 Å². The Morgan fingerprint density at radius 2 is 1.56 bits per heavy atom. The average molecular weight is 549 g/mol. The van der Waals surface area contributed by atoms with Gasteiger partial charge in [-0.25, -0.2) is 9.59 Å². The molecule has 3 aromatic rings. The Kier molecular flexibility index (Phi) is 9.07. The number of carbonyl (C=O) groups is 3. The Bertz CT molecular complexity index is 1250. The summed E-state index contributed by atoms with van der Waals surface area (Å²) >= 11 is 1.51. The third kappa shape index (κ3) is 7.26. The number of fused-ring (bicyclic) bond motifs is 3. The highest BCUT2D eigenvalue weighted by molar-refractivity contribution is 7.07. The van der Waals surface area contributed by atoms with Gasteiger partial charge < -0.3 is 20.1 Å². The number of ether oxygens (including phenoxy) is 2. The summed E-state index contributed by atoms with van der Waals surface area (Å²) < 4.78 is 10.6. The number of hydrogen-bond donors (Lipinski definition) is 2. The first kappa shape index (κ1) is 28.4. The van der Waals surface area contributed by atoms with E-state index in [2.05, 4.69) is 55.7 Å². The number of rotatable bonds is 10. The molecule has 0 spiro atoms. The first-order valence-electron chi connectivity index (χ1n) is 13.2. The third-order valence-corrected chi connectivity index (χ3v) is 7.69. The minimum atomic E-state index is -0.919. The monoisotopic (exact) mass is 548 g/mol. The van der Waals surface area contributed by atoms with E-state index in [1.807, 2.05) is 41.1 Å². The van der Waals surface area contributed by atoms with E-state index in [4.69, 9.17) is 9.47 Å². The molecule has 1 aliphatic carbocycles. The highest BCUT2D eigenvalue weighted by Crippen LogP contribution is 2.44. The summed E-state index contributed by atoms with van der Waals surface area (Å²) in [5.74, 6) is -1.06. The van der Waals surface area contributed by atoms with Crippen molar-refractivity contribution in [2.45, 2.75) is 58.0 Å². The molecule has 2 atom stereocenters. The molecule has 0 aliphatic heterocycles. The van der Waals surface area contributed by atoms with E-state index in [0.717, 1.165) is 27.8 Å². The zero-order valence-electron chi connectivity index (χ0n) is 22.9. The molecule has 0 radical (unpaired) electrons. The van der Waals surface area contributed by atoms with Crippen molar-refractivity contribution in [1.29, 1.82) is 0 Å². The molecule has 1 aromatic heterocycles. The number of methoxy groups -OCH3 is 1. The van der Waals surface area contributed by atoms with Gasteiger partial charge in [-0.15, -0.1) is 0 Å². The number of thiophene rings is 1. The van der Waals surface area contributed by atoms with E-state index < -0.39 is 30.1 Å². The molecular formula is C31H36N2O5S. The minimum absolute atomic E-state index is 0.0212. The molecule has 4 rings (SSSR count). The zero-order valence-corrected chi connectivity index (χ0v) is 23.7. The Balaban J connectivity index is 1.44. The lowest BCUT2D eigenvalue weighted by Crippen LogP contribution is -2.53.